The molecule has 0 amide bonds. The van der Waals surface area contributed by atoms with Crippen LogP contribution in [0.5, 0.6) is 0 Å². The first-order valence-corrected chi connectivity index (χ1v) is 7.04. The first-order valence-electron chi connectivity index (χ1n) is 4.84. The molecule has 13 heavy (non-hydrogen) atoms. The van der Waals surface area contributed by atoms with Crippen LogP contribution in [0.1, 0.15) is 6.42 Å². The van der Waals surface area contributed by atoms with Crippen molar-refractivity contribution in [2.24, 2.45) is 0 Å². The molecule has 0 N–H and O–H groups in total. The van der Waals surface area contributed by atoms with Gasteiger partial charge < -0.3 is 9.47 Å². The average molecular weight is 220 g/mol. The number of ether oxygens (including phenoxy) is 2. The summed E-state index contributed by atoms with van der Waals surface area (Å²) in [4.78, 5) is 0. The number of hydrogen-bond acceptors (Lipinski definition) is 4. The second kappa shape index (κ2) is 5.49. The quantitative estimate of drug-likeness (QED) is 0.704. The van der Waals surface area contributed by atoms with Crippen molar-refractivity contribution in [1.29, 1.82) is 0 Å². The number of rotatable bonds is 2. The Morgan fingerprint density at radius 3 is 2.92 bits per heavy atom. The molecular formula is C9H16O2S2. The van der Waals surface area contributed by atoms with E-state index in [-0.39, 0.29) is 0 Å². The summed E-state index contributed by atoms with van der Waals surface area (Å²) in [7, 11) is 0. The van der Waals surface area contributed by atoms with E-state index in [0.717, 1.165) is 25.1 Å². The van der Waals surface area contributed by atoms with Crippen LogP contribution in [0.2, 0.25) is 0 Å². The summed E-state index contributed by atoms with van der Waals surface area (Å²) in [6.07, 6.45) is 1.54. The maximum Gasteiger partial charge on any atom is 0.0820 e. The summed E-state index contributed by atoms with van der Waals surface area (Å²) in [6.45, 7) is 2.37. The van der Waals surface area contributed by atoms with Gasteiger partial charge in [-0.15, -0.1) is 0 Å². The van der Waals surface area contributed by atoms with E-state index < -0.39 is 0 Å². The lowest BCUT2D eigenvalue weighted by atomic mass is 10.2. The Hall–Kier alpha value is 0.620. The zero-order valence-electron chi connectivity index (χ0n) is 7.74. The lowest BCUT2D eigenvalue weighted by molar-refractivity contribution is -0.0900. The molecule has 0 aromatic rings. The van der Waals surface area contributed by atoms with Crippen LogP contribution in [0.25, 0.3) is 0 Å². The van der Waals surface area contributed by atoms with Gasteiger partial charge in [0.05, 0.1) is 25.9 Å². The van der Waals surface area contributed by atoms with Gasteiger partial charge in [-0.25, -0.2) is 0 Å². The topological polar surface area (TPSA) is 18.5 Å². The Kier molecular flexibility index (Phi) is 4.28. The van der Waals surface area contributed by atoms with E-state index in [1.807, 2.05) is 0 Å². The van der Waals surface area contributed by atoms with E-state index in [4.69, 9.17) is 9.47 Å². The molecule has 0 bridgehead atoms. The second-order valence-corrected chi connectivity index (χ2v) is 5.93. The van der Waals surface area contributed by atoms with E-state index in [1.165, 1.54) is 23.7 Å². The minimum atomic E-state index is 0.366. The Morgan fingerprint density at radius 1 is 1.23 bits per heavy atom. The summed E-state index contributed by atoms with van der Waals surface area (Å²) in [5, 5.41) is 0.797. The van der Waals surface area contributed by atoms with Crippen LogP contribution in [0.15, 0.2) is 0 Å². The average Bonchev–Trinajstić information content (AvgIpc) is 2.21. The summed E-state index contributed by atoms with van der Waals surface area (Å²) in [5.74, 6) is 3.93. The van der Waals surface area contributed by atoms with Gasteiger partial charge in [0.2, 0.25) is 0 Å². The van der Waals surface area contributed by atoms with Crippen LogP contribution in [-0.4, -0.2) is 48.4 Å². The maximum atomic E-state index is 5.63. The van der Waals surface area contributed by atoms with Gasteiger partial charge in [-0.05, 0) is 6.42 Å². The molecule has 4 heteroatoms. The molecule has 2 aliphatic heterocycles. The highest BCUT2D eigenvalue weighted by atomic mass is 32.2. The highest BCUT2D eigenvalue weighted by Gasteiger charge is 2.22. The van der Waals surface area contributed by atoms with Crippen LogP contribution in [0, 0.1) is 0 Å². The highest BCUT2D eigenvalue weighted by molar-refractivity contribution is 8.06. The maximum absolute atomic E-state index is 5.63. The van der Waals surface area contributed by atoms with E-state index in [0.29, 0.717) is 6.10 Å². The van der Waals surface area contributed by atoms with Gasteiger partial charge in [0.15, 0.2) is 0 Å². The van der Waals surface area contributed by atoms with Crippen molar-refractivity contribution >= 4 is 23.5 Å². The van der Waals surface area contributed by atoms with Crippen molar-refractivity contribution in [2.75, 3.05) is 37.1 Å². The zero-order valence-corrected chi connectivity index (χ0v) is 9.37. The van der Waals surface area contributed by atoms with Gasteiger partial charge >= 0.3 is 0 Å². The second-order valence-electron chi connectivity index (χ2n) is 3.37. The SMILES string of the molecule is C1CO[C@@H](CC2CSCCS2)CO1. The Bertz CT molecular complexity index is 127. The van der Waals surface area contributed by atoms with Crippen molar-refractivity contribution in [2.45, 2.75) is 17.8 Å². The van der Waals surface area contributed by atoms with Crippen LogP contribution in [0.3, 0.4) is 0 Å². The third-order valence-corrected chi connectivity index (χ3v) is 5.17. The Labute approximate surface area is 88.1 Å². The van der Waals surface area contributed by atoms with Crippen molar-refractivity contribution < 1.29 is 9.47 Å². The third-order valence-electron chi connectivity index (χ3n) is 2.30. The first-order chi connectivity index (χ1) is 6.45. The van der Waals surface area contributed by atoms with Crippen molar-refractivity contribution in [3.05, 3.63) is 0 Å². The molecule has 2 fully saturated rings. The highest BCUT2D eigenvalue weighted by Crippen LogP contribution is 2.28. The first kappa shape index (κ1) is 10.1. The Balaban J connectivity index is 1.69. The number of thioether (sulfide) groups is 2. The molecule has 2 aliphatic rings. The summed E-state index contributed by atoms with van der Waals surface area (Å²) < 4.78 is 11.0. The third kappa shape index (κ3) is 3.35. The zero-order chi connectivity index (χ0) is 8.93. The molecule has 76 valence electrons. The summed E-state index contributed by atoms with van der Waals surface area (Å²) in [5.41, 5.74) is 0. The molecule has 1 unspecified atom stereocenters. The van der Waals surface area contributed by atoms with Gasteiger partial charge in [0, 0.05) is 22.5 Å². The fourth-order valence-electron chi connectivity index (χ4n) is 1.64. The lowest BCUT2D eigenvalue weighted by Gasteiger charge is -2.28. The van der Waals surface area contributed by atoms with Crippen molar-refractivity contribution in [3.8, 4) is 0 Å². The molecule has 2 saturated heterocycles. The summed E-state index contributed by atoms with van der Waals surface area (Å²) in [6, 6.07) is 0. The van der Waals surface area contributed by atoms with Gasteiger partial charge in [-0.2, -0.15) is 23.5 Å². The van der Waals surface area contributed by atoms with Gasteiger partial charge in [-0.3, -0.25) is 0 Å². The van der Waals surface area contributed by atoms with Crippen LogP contribution >= 0.6 is 23.5 Å². The van der Waals surface area contributed by atoms with Crippen LogP contribution < -0.4 is 0 Å². The van der Waals surface area contributed by atoms with E-state index >= 15 is 0 Å². The standard InChI is InChI=1S/C9H16O2S2/c1-2-11-8(6-10-1)5-9-7-12-3-4-13-9/h8-9H,1-7H2/t8-,9?/m0/s1. The van der Waals surface area contributed by atoms with Crippen molar-refractivity contribution in [1.82, 2.24) is 0 Å². The molecule has 2 nitrogen and oxygen atoms in total. The largest absolute Gasteiger partial charge is 0.376 e. The van der Waals surface area contributed by atoms with Gasteiger partial charge in [0.1, 0.15) is 0 Å². The van der Waals surface area contributed by atoms with E-state index in [9.17, 15) is 0 Å². The molecule has 2 rings (SSSR count). The van der Waals surface area contributed by atoms with E-state index in [1.54, 1.807) is 0 Å². The normalized spacial score (nSPS) is 36.0. The fourth-order valence-corrected chi connectivity index (χ4v) is 4.42. The molecule has 0 aromatic heterocycles. The van der Waals surface area contributed by atoms with Crippen LogP contribution in [0.4, 0.5) is 0 Å². The van der Waals surface area contributed by atoms with Crippen LogP contribution in [-0.2, 0) is 9.47 Å². The molecule has 2 atom stereocenters. The lowest BCUT2D eigenvalue weighted by Crippen LogP contribution is -2.32. The van der Waals surface area contributed by atoms with Gasteiger partial charge in [0.25, 0.3) is 0 Å². The monoisotopic (exact) mass is 220 g/mol. The molecule has 0 spiro atoms. The van der Waals surface area contributed by atoms with E-state index in [2.05, 4.69) is 23.5 Å². The predicted molar refractivity (Wildman–Crippen MR) is 58.7 cm³/mol. The molecule has 2 heterocycles. The molecule has 0 aliphatic carbocycles. The molecular weight excluding hydrogens is 204 g/mol. The predicted octanol–water partition coefficient (Wildman–Crippen LogP) is 1.64. The summed E-state index contributed by atoms with van der Waals surface area (Å²) >= 11 is 4.17. The molecule has 0 radical (unpaired) electrons. The number of hydrogen-bond donors (Lipinski definition) is 0. The smallest absolute Gasteiger partial charge is 0.0820 e. The minimum Gasteiger partial charge on any atom is -0.376 e. The van der Waals surface area contributed by atoms with Crippen molar-refractivity contribution in [3.63, 3.8) is 0 Å². The fraction of sp³-hybridized carbons (Fsp3) is 1.00. The Morgan fingerprint density at radius 2 is 2.23 bits per heavy atom. The molecule has 0 aromatic carbocycles. The minimum absolute atomic E-state index is 0.366. The van der Waals surface area contributed by atoms with Gasteiger partial charge in [-0.1, -0.05) is 0 Å². The molecule has 0 saturated carbocycles.